The van der Waals surface area contributed by atoms with E-state index in [4.69, 9.17) is 9.84 Å². The zero-order chi connectivity index (χ0) is 24.7. The largest absolute Gasteiger partial charge is 0.481 e. The number of hydrogen-bond acceptors (Lipinski definition) is 4. The third-order valence-electron chi connectivity index (χ3n) is 8.35. The number of carbonyl (C=O) groups excluding carboxylic acids is 2. The fourth-order valence-electron chi connectivity index (χ4n) is 6.08. The van der Waals surface area contributed by atoms with Crippen molar-refractivity contribution >= 4 is 18.0 Å². The van der Waals surface area contributed by atoms with E-state index >= 15 is 0 Å². The average molecular weight is 477 g/mol. The van der Waals surface area contributed by atoms with E-state index in [0.29, 0.717) is 12.3 Å². The molecule has 0 spiro atoms. The number of rotatable bonds is 7. The third kappa shape index (κ3) is 4.40. The van der Waals surface area contributed by atoms with Crippen LogP contribution in [-0.2, 0) is 14.3 Å². The van der Waals surface area contributed by atoms with E-state index in [1.165, 1.54) is 22.3 Å². The van der Waals surface area contributed by atoms with Gasteiger partial charge >= 0.3 is 12.1 Å². The molecule has 0 saturated heterocycles. The summed E-state index contributed by atoms with van der Waals surface area (Å²) in [4.78, 5) is 36.5. The standard InChI is InChI=1S/C28H32N2O5/c1-15(27(32)33)16(2)29-26(31)18-11-17-13-25(23(17)12-18)30-28(34)35-14-24-21-9-5-3-7-19(21)20-8-4-6-10-22(20)24/h3-10,15-18,23-25H,11-14H2,1-2H3,(H,29,31)(H,30,34)(H,32,33). The molecule has 3 aliphatic carbocycles. The molecule has 0 radical (unpaired) electrons. The Kier molecular flexibility index (Phi) is 6.26. The number of nitrogens with one attached hydrogen (secondary N) is 2. The number of ether oxygens (including phenoxy) is 1. The first-order valence-electron chi connectivity index (χ1n) is 12.5. The minimum Gasteiger partial charge on any atom is -0.481 e. The first kappa shape index (κ1) is 23.4. The van der Waals surface area contributed by atoms with Crippen molar-refractivity contribution in [2.24, 2.45) is 23.7 Å². The molecule has 3 aliphatic rings. The first-order chi connectivity index (χ1) is 16.8. The third-order valence-corrected chi connectivity index (χ3v) is 8.35. The fourth-order valence-corrected chi connectivity index (χ4v) is 6.08. The highest BCUT2D eigenvalue weighted by atomic mass is 16.5. The molecule has 0 aliphatic heterocycles. The quantitative estimate of drug-likeness (QED) is 0.557. The molecule has 7 heteroatoms. The van der Waals surface area contributed by atoms with Gasteiger partial charge in [-0.2, -0.15) is 0 Å². The van der Waals surface area contributed by atoms with Crippen LogP contribution in [0.3, 0.4) is 0 Å². The van der Waals surface area contributed by atoms with Gasteiger partial charge in [-0.05, 0) is 67.2 Å². The fraction of sp³-hybridized carbons (Fsp3) is 0.464. The maximum absolute atomic E-state index is 12.7. The molecule has 2 aromatic rings. The zero-order valence-corrected chi connectivity index (χ0v) is 20.1. The topological polar surface area (TPSA) is 105 Å². The van der Waals surface area contributed by atoms with Crippen molar-refractivity contribution in [3.63, 3.8) is 0 Å². The van der Waals surface area contributed by atoms with Crippen molar-refractivity contribution in [1.29, 1.82) is 0 Å². The minimum absolute atomic E-state index is 0.0174. The van der Waals surface area contributed by atoms with Crippen LogP contribution in [0, 0.1) is 23.7 Å². The van der Waals surface area contributed by atoms with E-state index in [2.05, 4.69) is 34.9 Å². The van der Waals surface area contributed by atoms with Crippen LogP contribution in [0.1, 0.15) is 50.2 Å². The maximum atomic E-state index is 12.7. The predicted octanol–water partition coefficient (Wildman–Crippen LogP) is 4.17. The van der Waals surface area contributed by atoms with Crippen molar-refractivity contribution < 1.29 is 24.2 Å². The van der Waals surface area contributed by atoms with Gasteiger partial charge in [-0.15, -0.1) is 0 Å². The summed E-state index contributed by atoms with van der Waals surface area (Å²) in [6.07, 6.45) is 1.93. The Morgan fingerprint density at radius 1 is 0.971 bits per heavy atom. The summed E-state index contributed by atoms with van der Waals surface area (Å²) in [5, 5.41) is 15.0. The van der Waals surface area contributed by atoms with Crippen LogP contribution < -0.4 is 10.6 Å². The molecule has 6 atom stereocenters. The van der Waals surface area contributed by atoms with Crippen LogP contribution in [0.4, 0.5) is 4.79 Å². The predicted molar refractivity (Wildman–Crippen MR) is 131 cm³/mol. The molecule has 3 N–H and O–H groups in total. The summed E-state index contributed by atoms with van der Waals surface area (Å²) in [6.45, 7) is 3.60. The summed E-state index contributed by atoms with van der Waals surface area (Å²) in [6, 6.07) is 16.1. The molecule has 0 bridgehead atoms. The van der Waals surface area contributed by atoms with Gasteiger partial charge in [-0.1, -0.05) is 48.5 Å². The molecule has 0 heterocycles. The number of fused-ring (bicyclic) bond motifs is 4. The van der Waals surface area contributed by atoms with Crippen LogP contribution >= 0.6 is 0 Å². The highest BCUT2D eigenvalue weighted by molar-refractivity contribution is 5.81. The lowest BCUT2D eigenvalue weighted by molar-refractivity contribution is -0.142. The van der Waals surface area contributed by atoms with Gasteiger partial charge < -0.3 is 20.5 Å². The zero-order valence-electron chi connectivity index (χ0n) is 20.1. The Hall–Kier alpha value is -3.35. The number of benzene rings is 2. The van der Waals surface area contributed by atoms with E-state index < -0.39 is 24.0 Å². The Labute approximate surface area is 205 Å². The van der Waals surface area contributed by atoms with E-state index in [-0.39, 0.29) is 36.3 Å². The monoisotopic (exact) mass is 476 g/mol. The minimum atomic E-state index is -0.920. The number of amides is 2. The van der Waals surface area contributed by atoms with E-state index in [1.807, 2.05) is 24.3 Å². The molecule has 2 amide bonds. The Morgan fingerprint density at radius 3 is 2.23 bits per heavy atom. The molecule has 6 unspecified atom stereocenters. The van der Waals surface area contributed by atoms with Gasteiger partial charge in [0.25, 0.3) is 0 Å². The Bertz CT molecular complexity index is 1100. The molecule has 184 valence electrons. The number of hydrogen-bond donors (Lipinski definition) is 3. The van der Waals surface area contributed by atoms with Crippen LogP contribution in [-0.4, -0.2) is 41.8 Å². The number of alkyl carbamates (subject to hydrolysis) is 1. The molecule has 2 saturated carbocycles. The Morgan fingerprint density at radius 2 is 1.60 bits per heavy atom. The summed E-state index contributed by atoms with van der Waals surface area (Å²) < 4.78 is 5.69. The summed E-state index contributed by atoms with van der Waals surface area (Å²) in [5.41, 5.74) is 4.75. The molecule has 7 nitrogen and oxygen atoms in total. The van der Waals surface area contributed by atoms with Crippen molar-refractivity contribution in [3.05, 3.63) is 59.7 Å². The average Bonchev–Trinajstić information content (AvgIpc) is 3.35. The lowest BCUT2D eigenvalue weighted by Gasteiger charge is -2.40. The number of carboxylic acid groups (broad SMARTS) is 1. The van der Waals surface area contributed by atoms with Gasteiger partial charge in [-0.25, -0.2) is 4.79 Å². The lowest BCUT2D eigenvalue weighted by Crippen LogP contribution is -2.50. The highest BCUT2D eigenvalue weighted by Crippen LogP contribution is 2.50. The molecule has 5 rings (SSSR count). The van der Waals surface area contributed by atoms with Gasteiger partial charge in [0.15, 0.2) is 0 Å². The van der Waals surface area contributed by atoms with Crippen molar-refractivity contribution in [3.8, 4) is 11.1 Å². The van der Waals surface area contributed by atoms with Gasteiger partial charge in [0, 0.05) is 23.9 Å². The smallest absolute Gasteiger partial charge is 0.407 e. The van der Waals surface area contributed by atoms with Crippen molar-refractivity contribution in [2.75, 3.05) is 6.61 Å². The summed E-state index contributed by atoms with van der Waals surface area (Å²) in [5.74, 6) is -1.08. The molecule has 35 heavy (non-hydrogen) atoms. The SMILES string of the molecule is CC(NC(=O)C1CC2CC(NC(=O)OCC3c4ccccc4-c4ccccc43)C2C1)C(C)C(=O)O. The van der Waals surface area contributed by atoms with Gasteiger partial charge in [0.1, 0.15) is 6.61 Å². The summed E-state index contributed by atoms with van der Waals surface area (Å²) in [7, 11) is 0. The van der Waals surface area contributed by atoms with Gasteiger partial charge in [-0.3, -0.25) is 9.59 Å². The van der Waals surface area contributed by atoms with Gasteiger partial charge in [0.05, 0.1) is 5.92 Å². The van der Waals surface area contributed by atoms with Crippen LogP contribution in [0.5, 0.6) is 0 Å². The number of carbonyl (C=O) groups is 3. The molecule has 2 fully saturated rings. The van der Waals surface area contributed by atoms with E-state index in [1.54, 1.807) is 13.8 Å². The molecule has 2 aromatic carbocycles. The summed E-state index contributed by atoms with van der Waals surface area (Å²) >= 11 is 0. The second-order valence-electron chi connectivity index (χ2n) is 10.3. The normalized spacial score (nSPS) is 25.9. The van der Waals surface area contributed by atoms with E-state index in [0.717, 1.165) is 12.8 Å². The Balaban J connectivity index is 1.13. The second-order valence-corrected chi connectivity index (χ2v) is 10.3. The van der Waals surface area contributed by atoms with Crippen LogP contribution in [0.2, 0.25) is 0 Å². The van der Waals surface area contributed by atoms with Gasteiger partial charge in [0.2, 0.25) is 5.91 Å². The lowest BCUT2D eigenvalue weighted by atomic mass is 9.71. The number of aliphatic carboxylic acids is 1. The molecular formula is C28H32N2O5. The van der Waals surface area contributed by atoms with E-state index in [9.17, 15) is 14.4 Å². The van der Waals surface area contributed by atoms with Crippen molar-refractivity contribution in [1.82, 2.24) is 10.6 Å². The number of carboxylic acids is 1. The maximum Gasteiger partial charge on any atom is 0.407 e. The first-order valence-corrected chi connectivity index (χ1v) is 12.5. The van der Waals surface area contributed by atoms with Crippen LogP contribution in [0.15, 0.2) is 48.5 Å². The van der Waals surface area contributed by atoms with Crippen molar-refractivity contribution in [2.45, 2.75) is 51.1 Å². The highest BCUT2D eigenvalue weighted by Gasteiger charge is 2.50. The second kappa shape index (κ2) is 9.36. The molecular weight excluding hydrogens is 444 g/mol. The molecule has 0 aromatic heterocycles. The van der Waals surface area contributed by atoms with Crippen LogP contribution in [0.25, 0.3) is 11.1 Å².